The first-order valence-corrected chi connectivity index (χ1v) is 6.64. The van der Waals surface area contributed by atoms with Gasteiger partial charge in [-0.05, 0) is 19.8 Å². The minimum atomic E-state index is -0.705. The first-order chi connectivity index (χ1) is 8.56. The molecule has 0 aromatic rings. The van der Waals surface area contributed by atoms with Gasteiger partial charge in [-0.2, -0.15) is 0 Å². The summed E-state index contributed by atoms with van der Waals surface area (Å²) < 4.78 is 5.00. The molecule has 1 N–H and O–H groups in total. The van der Waals surface area contributed by atoms with E-state index in [1.54, 1.807) is 12.0 Å². The number of likely N-dealkylation sites (tertiary alicyclic amines) is 1. The van der Waals surface area contributed by atoms with E-state index in [9.17, 15) is 9.59 Å². The summed E-state index contributed by atoms with van der Waals surface area (Å²) in [6.07, 6.45) is 3.05. The summed E-state index contributed by atoms with van der Waals surface area (Å²) in [6, 6.07) is 0. The summed E-state index contributed by atoms with van der Waals surface area (Å²) in [5.41, 5.74) is -0.705. The Morgan fingerprint density at radius 1 is 1.56 bits per heavy atom. The zero-order valence-electron chi connectivity index (χ0n) is 11.6. The van der Waals surface area contributed by atoms with Crippen LogP contribution in [0.5, 0.6) is 0 Å². The van der Waals surface area contributed by atoms with Gasteiger partial charge < -0.3 is 15.0 Å². The van der Waals surface area contributed by atoms with Crippen molar-refractivity contribution in [2.24, 2.45) is 0 Å². The lowest BCUT2D eigenvalue weighted by molar-refractivity contribution is -0.141. The largest absolute Gasteiger partial charge is 0.383 e. The highest BCUT2D eigenvalue weighted by atomic mass is 16.5. The molecule has 0 spiro atoms. The fourth-order valence-electron chi connectivity index (χ4n) is 2.25. The maximum absolute atomic E-state index is 12.2. The Hall–Kier alpha value is -1.10. The second-order valence-electron chi connectivity index (χ2n) is 4.92. The van der Waals surface area contributed by atoms with Crippen LogP contribution in [0, 0.1) is 0 Å². The molecule has 18 heavy (non-hydrogen) atoms. The van der Waals surface area contributed by atoms with Gasteiger partial charge in [0.05, 0.1) is 6.61 Å². The van der Waals surface area contributed by atoms with Crippen LogP contribution in [0.3, 0.4) is 0 Å². The smallest absolute Gasteiger partial charge is 0.245 e. The molecule has 104 valence electrons. The van der Waals surface area contributed by atoms with E-state index < -0.39 is 5.54 Å². The number of nitrogens with zero attached hydrogens (tertiary/aromatic N) is 1. The molecule has 5 heteroatoms. The zero-order chi connectivity index (χ0) is 13.6. The molecule has 1 fully saturated rings. The highest BCUT2D eigenvalue weighted by Crippen LogP contribution is 2.29. The Labute approximate surface area is 109 Å². The predicted molar refractivity (Wildman–Crippen MR) is 69.1 cm³/mol. The quantitative estimate of drug-likeness (QED) is 0.689. The van der Waals surface area contributed by atoms with Crippen molar-refractivity contribution in [1.29, 1.82) is 0 Å². The van der Waals surface area contributed by atoms with Crippen LogP contribution in [0.15, 0.2) is 0 Å². The zero-order valence-corrected chi connectivity index (χ0v) is 11.6. The molecule has 1 atom stereocenters. The molecule has 1 saturated heterocycles. The maximum atomic E-state index is 12.2. The fraction of sp³-hybridized carbons (Fsp3) is 0.846. The number of methoxy groups -OCH3 is 1. The number of rotatable bonds is 7. The third-order valence-electron chi connectivity index (χ3n) is 3.55. The van der Waals surface area contributed by atoms with Crippen molar-refractivity contribution < 1.29 is 14.3 Å². The molecule has 1 heterocycles. The average Bonchev–Trinajstić information content (AvgIpc) is 2.64. The number of nitrogens with one attached hydrogen (secondary N) is 1. The lowest BCUT2D eigenvalue weighted by Crippen LogP contribution is -2.55. The van der Waals surface area contributed by atoms with Gasteiger partial charge in [-0.3, -0.25) is 9.59 Å². The van der Waals surface area contributed by atoms with Gasteiger partial charge in [0.15, 0.2) is 0 Å². The normalized spacial score (nSPS) is 23.5. The van der Waals surface area contributed by atoms with E-state index in [2.05, 4.69) is 12.2 Å². The van der Waals surface area contributed by atoms with Crippen LogP contribution in [-0.2, 0) is 14.3 Å². The van der Waals surface area contributed by atoms with E-state index in [0.717, 1.165) is 12.8 Å². The molecule has 1 unspecified atom stereocenters. The molecule has 0 aromatic carbocycles. The van der Waals surface area contributed by atoms with Crippen LogP contribution in [-0.4, -0.2) is 49.1 Å². The molecule has 5 nitrogen and oxygen atoms in total. The highest BCUT2D eigenvalue weighted by molar-refractivity contribution is 5.94. The lowest BCUT2D eigenvalue weighted by atomic mass is 9.97. The SMILES string of the molecule is CCCCNC(=O)C1(C)CCC(=O)N1CCOC. The number of ether oxygens (including phenoxy) is 1. The summed E-state index contributed by atoms with van der Waals surface area (Å²) in [5.74, 6) is -0.00176. The third-order valence-corrected chi connectivity index (χ3v) is 3.55. The van der Waals surface area contributed by atoms with E-state index in [1.807, 2.05) is 6.92 Å². The Balaban J connectivity index is 2.63. The molecule has 2 amide bonds. The van der Waals surface area contributed by atoms with Crippen LogP contribution < -0.4 is 5.32 Å². The first kappa shape index (κ1) is 15.0. The van der Waals surface area contributed by atoms with Gasteiger partial charge in [0.1, 0.15) is 5.54 Å². The summed E-state index contributed by atoms with van der Waals surface area (Å²) in [7, 11) is 1.60. The van der Waals surface area contributed by atoms with Gasteiger partial charge in [-0.15, -0.1) is 0 Å². The molecular weight excluding hydrogens is 232 g/mol. The molecule has 1 aliphatic heterocycles. The molecular formula is C13H24N2O3. The van der Waals surface area contributed by atoms with Gasteiger partial charge in [0.25, 0.3) is 0 Å². The van der Waals surface area contributed by atoms with Crippen LogP contribution in [0.25, 0.3) is 0 Å². The van der Waals surface area contributed by atoms with Crippen molar-refractivity contribution in [3.63, 3.8) is 0 Å². The van der Waals surface area contributed by atoms with Gasteiger partial charge in [-0.25, -0.2) is 0 Å². The maximum Gasteiger partial charge on any atom is 0.245 e. The Bertz CT molecular complexity index is 307. The van der Waals surface area contributed by atoms with Gasteiger partial charge in [-0.1, -0.05) is 13.3 Å². The van der Waals surface area contributed by atoms with Crippen molar-refractivity contribution in [2.45, 2.75) is 45.1 Å². The van der Waals surface area contributed by atoms with Crippen molar-refractivity contribution in [2.75, 3.05) is 26.8 Å². The van der Waals surface area contributed by atoms with Crippen LogP contribution in [0.1, 0.15) is 39.5 Å². The van der Waals surface area contributed by atoms with E-state index in [0.29, 0.717) is 32.5 Å². The Morgan fingerprint density at radius 3 is 2.89 bits per heavy atom. The summed E-state index contributed by atoms with van der Waals surface area (Å²) >= 11 is 0. The van der Waals surface area contributed by atoms with E-state index in [1.165, 1.54) is 0 Å². The second-order valence-corrected chi connectivity index (χ2v) is 4.92. The Morgan fingerprint density at radius 2 is 2.28 bits per heavy atom. The van der Waals surface area contributed by atoms with Crippen molar-refractivity contribution >= 4 is 11.8 Å². The Kier molecular flexibility index (Phi) is 5.59. The second kappa shape index (κ2) is 6.73. The molecule has 0 radical (unpaired) electrons. The highest BCUT2D eigenvalue weighted by Gasteiger charge is 2.46. The molecule has 0 aromatic heterocycles. The standard InChI is InChI=1S/C13H24N2O3/c1-4-5-8-14-12(17)13(2)7-6-11(16)15(13)9-10-18-3/h4-10H2,1-3H3,(H,14,17). The number of amides is 2. The van der Waals surface area contributed by atoms with Crippen molar-refractivity contribution in [3.8, 4) is 0 Å². The van der Waals surface area contributed by atoms with Crippen molar-refractivity contribution in [3.05, 3.63) is 0 Å². The number of hydrogen-bond donors (Lipinski definition) is 1. The van der Waals surface area contributed by atoms with Crippen LogP contribution in [0.2, 0.25) is 0 Å². The minimum Gasteiger partial charge on any atom is -0.383 e. The van der Waals surface area contributed by atoms with Gasteiger partial charge in [0.2, 0.25) is 11.8 Å². The third kappa shape index (κ3) is 3.22. The minimum absolute atomic E-state index is 0.0418. The molecule has 0 bridgehead atoms. The summed E-state index contributed by atoms with van der Waals surface area (Å²) in [6.45, 7) is 5.54. The van der Waals surface area contributed by atoms with Gasteiger partial charge in [0, 0.05) is 26.6 Å². The number of carbonyl (C=O) groups is 2. The summed E-state index contributed by atoms with van der Waals surface area (Å²) in [5, 5.41) is 2.92. The fourth-order valence-corrected chi connectivity index (χ4v) is 2.25. The van der Waals surface area contributed by atoms with Crippen LogP contribution in [0.4, 0.5) is 0 Å². The van der Waals surface area contributed by atoms with E-state index >= 15 is 0 Å². The molecule has 1 rings (SSSR count). The average molecular weight is 256 g/mol. The first-order valence-electron chi connectivity index (χ1n) is 6.64. The summed E-state index contributed by atoms with van der Waals surface area (Å²) in [4.78, 5) is 25.7. The predicted octanol–water partition coefficient (Wildman–Crippen LogP) is 0.930. The van der Waals surface area contributed by atoms with Crippen molar-refractivity contribution in [1.82, 2.24) is 10.2 Å². The molecule has 0 saturated carbocycles. The monoisotopic (exact) mass is 256 g/mol. The number of carbonyl (C=O) groups excluding carboxylic acids is 2. The number of unbranched alkanes of at least 4 members (excludes halogenated alkanes) is 1. The van der Waals surface area contributed by atoms with Crippen LogP contribution >= 0.6 is 0 Å². The van der Waals surface area contributed by atoms with Gasteiger partial charge >= 0.3 is 0 Å². The lowest BCUT2D eigenvalue weighted by Gasteiger charge is -2.33. The topological polar surface area (TPSA) is 58.6 Å². The van der Waals surface area contributed by atoms with E-state index in [-0.39, 0.29) is 11.8 Å². The molecule has 0 aliphatic carbocycles. The van der Waals surface area contributed by atoms with E-state index in [4.69, 9.17) is 4.74 Å². The number of hydrogen-bond acceptors (Lipinski definition) is 3. The molecule has 1 aliphatic rings.